The second-order valence-electron chi connectivity index (χ2n) is 12.3. The van der Waals surface area contributed by atoms with Crippen LogP contribution in [0.4, 0.5) is 17.1 Å². The summed E-state index contributed by atoms with van der Waals surface area (Å²) in [7, 11) is 3.93. The highest BCUT2D eigenvalue weighted by atomic mass is 32.1. The predicted molar refractivity (Wildman–Crippen MR) is 211 cm³/mol. The molecule has 5 rings (SSSR count). The summed E-state index contributed by atoms with van der Waals surface area (Å²) in [6, 6.07) is 18.8. The predicted octanol–water partition coefficient (Wildman–Crippen LogP) is 7.61. The first kappa shape index (κ1) is 40.2. The lowest BCUT2D eigenvalue weighted by atomic mass is 10.1. The molecule has 0 spiro atoms. The summed E-state index contributed by atoms with van der Waals surface area (Å²) in [6.07, 6.45) is 5.64. The van der Waals surface area contributed by atoms with Gasteiger partial charge in [0.2, 0.25) is 5.91 Å². The number of benzene rings is 3. The van der Waals surface area contributed by atoms with Crippen LogP contribution in [0.1, 0.15) is 58.3 Å². The van der Waals surface area contributed by atoms with Crippen LogP contribution < -0.4 is 26.0 Å². The first-order valence-electron chi connectivity index (χ1n) is 16.8. The average molecular weight is 712 g/mol. The van der Waals surface area contributed by atoms with Gasteiger partial charge in [0.25, 0.3) is 11.8 Å². The van der Waals surface area contributed by atoms with Crippen molar-refractivity contribution in [2.24, 2.45) is 0 Å². The van der Waals surface area contributed by atoms with Gasteiger partial charge in [0.1, 0.15) is 10.6 Å². The Labute approximate surface area is 305 Å². The van der Waals surface area contributed by atoms with E-state index in [1.807, 2.05) is 100 Å². The number of anilines is 3. The van der Waals surface area contributed by atoms with Gasteiger partial charge in [0.05, 0.1) is 12.3 Å². The molecule has 0 fully saturated rings. The summed E-state index contributed by atoms with van der Waals surface area (Å²) in [5.74, 6) is 0.498. The van der Waals surface area contributed by atoms with Crippen molar-refractivity contribution in [2.75, 3.05) is 49.7 Å². The Kier molecular flexibility index (Phi) is 15.6. The lowest BCUT2D eigenvalue weighted by Gasteiger charge is -2.11. The summed E-state index contributed by atoms with van der Waals surface area (Å²) >= 11 is 1.44. The van der Waals surface area contributed by atoms with Crippen LogP contribution in [-0.4, -0.2) is 68.2 Å². The summed E-state index contributed by atoms with van der Waals surface area (Å²) in [4.78, 5) is 49.2. The van der Waals surface area contributed by atoms with Crippen LogP contribution in [0.3, 0.4) is 0 Å². The number of fused-ring (bicyclic) bond motifs is 3. The van der Waals surface area contributed by atoms with Crippen molar-refractivity contribution in [3.8, 4) is 5.75 Å². The molecule has 3 amide bonds. The topological polar surface area (TPSA) is 129 Å². The number of hydrogen-bond acceptors (Lipinski definition) is 8. The van der Waals surface area contributed by atoms with Crippen molar-refractivity contribution in [1.82, 2.24) is 10.2 Å². The van der Waals surface area contributed by atoms with E-state index in [2.05, 4.69) is 34.8 Å². The molecule has 0 saturated carbocycles. The zero-order valence-electron chi connectivity index (χ0n) is 30.5. The number of rotatable bonds is 10. The summed E-state index contributed by atoms with van der Waals surface area (Å²) in [5, 5.41) is 12.9. The molecule has 1 aliphatic heterocycles. The first-order chi connectivity index (χ1) is 24.3. The minimum Gasteiger partial charge on any atom is -0.493 e. The molecular formula is C40H49N5O5S. The molecule has 0 unspecified atom stereocenters. The van der Waals surface area contributed by atoms with Crippen molar-refractivity contribution < 1.29 is 23.9 Å². The van der Waals surface area contributed by atoms with Crippen LogP contribution >= 0.6 is 11.3 Å². The van der Waals surface area contributed by atoms with Gasteiger partial charge >= 0.3 is 0 Å². The zero-order valence-corrected chi connectivity index (χ0v) is 31.3. The third-order valence-corrected chi connectivity index (χ3v) is 8.59. The lowest BCUT2D eigenvalue weighted by molar-refractivity contribution is -0.113. The number of allylic oxidation sites excluding steroid dienone is 1. The van der Waals surface area contributed by atoms with Gasteiger partial charge in [-0.3, -0.25) is 19.2 Å². The van der Waals surface area contributed by atoms with E-state index in [-0.39, 0.29) is 29.5 Å². The molecule has 2 heterocycles. The van der Waals surface area contributed by atoms with Gasteiger partial charge < -0.3 is 30.9 Å². The molecule has 0 aliphatic carbocycles. The number of likely N-dealkylation sites (N-methyl/N-ethyl adjacent to an activating group) is 1. The first-order valence-corrected chi connectivity index (χ1v) is 17.6. The molecular weight excluding hydrogens is 663 g/mol. The van der Waals surface area contributed by atoms with E-state index in [1.54, 1.807) is 19.1 Å². The molecule has 1 aromatic heterocycles. The lowest BCUT2D eigenvalue weighted by Crippen LogP contribution is -2.34. The number of carbonyl (C=O) groups is 4. The van der Waals surface area contributed by atoms with Gasteiger partial charge in [-0.1, -0.05) is 37.8 Å². The van der Waals surface area contributed by atoms with Gasteiger partial charge in [0, 0.05) is 46.2 Å². The van der Waals surface area contributed by atoms with E-state index in [0.29, 0.717) is 23.6 Å². The maximum absolute atomic E-state index is 12.9. The number of amides is 3. The SMILES string of the molecule is C=CC(=O)Nc1ccccc1C.CC(=O)/C=C/CN(C)C.CCCOc1ccc(NC(=O)c2ccc3sc4c(c3c2)NC[C@@H](C)NC4=O)cc1C. The monoisotopic (exact) mass is 711 g/mol. The van der Waals surface area contributed by atoms with Crippen LogP contribution in [0.15, 0.2) is 85.5 Å². The molecule has 51 heavy (non-hydrogen) atoms. The molecule has 4 N–H and O–H groups in total. The summed E-state index contributed by atoms with van der Waals surface area (Å²) in [5.41, 5.74) is 4.93. The highest BCUT2D eigenvalue weighted by molar-refractivity contribution is 7.21. The number of nitrogens with one attached hydrogen (secondary N) is 4. The van der Waals surface area contributed by atoms with Crippen molar-refractivity contribution in [3.05, 3.63) is 107 Å². The average Bonchev–Trinajstić information content (AvgIpc) is 3.39. The highest BCUT2D eigenvalue weighted by Gasteiger charge is 2.24. The van der Waals surface area contributed by atoms with Crippen molar-refractivity contribution >= 4 is 62.0 Å². The van der Waals surface area contributed by atoms with E-state index >= 15 is 0 Å². The molecule has 0 radical (unpaired) electrons. The van der Waals surface area contributed by atoms with E-state index in [9.17, 15) is 19.2 Å². The zero-order chi connectivity index (χ0) is 37.5. The minimum atomic E-state index is -0.190. The van der Waals surface area contributed by atoms with Gasteiger partial charge in [-0.15, -0.1) is 11.3 Å². The number of para-hydroxylation sites is 1. The minimum absolute atomic E-state index is 0.0474. The summed E-state index contributed by atoms with van der Waals surface area (Å²) < 4.78 is 6.67. The highest BCUT2D eigenvalue weighted by Crippen LogP contribution is 2.37. The molecule has 11 heteroatoms. The molecule has 4 aromatic rings. The molecule has 10 nitrogen and oxygen atoms in total. The Morgan fingerprint density at radius 2 is 1.78 bits per heavy atom. The molecule has 270 valence electrons. The molecule has 0 saturated heterocycles. The number of ketones is 1. The standard InChI is InChI=1S/C23H25N3O3S.C10H11NO.C7H13NO/c1-4-9-29-18-7-6-16(10-13(18)2)26-22(27)15-5-8-19-17(11-15)20-21(30-19)23(28)25-14(3)12-24-20;1-3-10(12)11-9-7-5-4-6-8(9)2;1-7(9)5-4-6-8(2)3/h5-8,10-11,14,24H,4,9,12H2,1-3H3,(H,25,28)(H,26,27);3-7H,1H2,2H3,(H,11,12);4-5H,6H2,1-3H3/b;;5-4+/t14-;;/m1../s1. The largest absolute Gasteiger partial charge is 0.493 e. The van der Waals surface area contributed by atoms with Crippen LogP contribution in [0, 0.1) is 13.8 Å². The van der Waals surface area contributed by atoms with E-state index in [4.69, 9.17) is 4.74 Å². The maximum Gasteiger partial charge on any atom is 0.263 e. The quantitative estimate of drug-likeness (QED) is 0.125. The molecule has 1 aliphatic rings. The number of thiophene rings is 1. The number of hydrogen-bond donors (Lipinski definition) is 4. The van der Waals surface area contributed by atoms with Crippen LogP contribution in [-0.2, 0) is 9.59 Å². The van der Waals surface area contributed by atoms with Crippen LogP contribution in [0.5, 0.6) is 5.75 Å². The summed E-state index contributed by atoms with van der Waals surface area (Å²) in [6.45, 7) is 15.0. The van der Waals surface area contributed by atoms with Crippen molar-refractivity contribution in [2.45, 2.75) is 47.1 Å². The van der Waals surface area contributed by atoms with Crippen LogP contribution in [0.2, 0.25) is 0 Å². The fourth-order valence-corrected chi connectivity index (χ4v) is 5.86. The fraction of sp³-hybridized carbons (Fsp3) is 0.300. The van der Waals surface area contributed by atoms with Gasteiger partial charge in [-0.2, -0.15) is 0 Å². The van der Waals surface area contributed by atoms with Crippen molar-refractivity contribution in [1.29, 1.82) is 0 Å². The molecule has 1 atom stereocenters. The number of nitrogens with zero attached hydrogens (tertiary/aromatic N) is 1. The Balaban J connectivity index is 0.000000274. The van der Waals surface area contributed by atoms with E-state index < -0.39 is 0 Å². The molecule has 0 bridgehead atoms. The second-order valence-corrected chi connectivity index (χ2v) is 13.4. The Bertz CT molecular complexity index is 1880. The third-order valence-electron chi connectivity index (χ3n) is 7.42. The van der Waals surface area contributed by atoms with Gasteiger partial charge in [0.15, 0.2) is 5.78 Å². The third kappa shape index (κ3) is 12.5. The fourth-order valence-electron chi connectivity index (χ4n) is 4.80. The van der Waals surface area contributed by atoms with E-state index in [0.717, 1.165) is 57.0 Å². The van der Waals surface area contributed by atoms with Crippen molar-refractivity contribution in [3.63, 3.8) is 0 Å². The van der Waals surface area contributed by atoms with Gasteiger partial charge in [-0.05, 0) is 114 Å². The Hall–Kier alpha value is -5.26. The van der Waals surface area contributed by atoms with Crippen LogP contribution in [0.25, 0.3) is 10.1 Å². The molecule has 3 aromatic carbocycles. The Morgan fingerprint density at radius 1 is 1.04 bits per heavy atom. The maximum atomic E-state index is 12.9. The Morgan fingerprint density at radius 3 is 2.43 bits per heavy atom. The smallest absolute Gasteiger partial charge is 0.263 e. The van der Waals surface area contributed by atoms with E-state index in [1.165, 1.54) is 17.4 Å². The number of aryl methyl sites for hydroxylation is 2. The number of ether oxygens (including phenoxy) is 1. The normalized spacial score (nSPS) is 13.3. The second kappa shape index (κ2) is 19.8. The van der Waals surface area contributed by atoms with Gasteiger partial charge in [-0.25, -0.2) is 0 Å². The number of carbonyl (C=O) groups excluding carboxylic acids is 4.